The molecule has 4 N–H and O–H groups in total. The van der Waals surface area contributed by atoms with Crippen LogP contribution in [0.4, 0.5) is 0 Å². The summed E-state index contributed by atoms with van der Waals surface area (Å²) in [6, 6.07) is 3.17. The summed E-state index contributed by atoms with van der Waals surface area (Å²) in [6.45, 7) is 1.63. The van der Waals surface area contributed by atoms with Crippen LogP contribution in [0.1, 0.15) is 36.8 Å². The van der Waals surface area contributed by atoms with E-state index in [1.165, 1.54) is 12.8 Å². The van der Waals surface area contributed by atoms with E-state index in [4.69, 9.17) is 4.74 Å². The Hall–Kier alpha value is -1.83. The van der Waals surface area contributed by atoms with Gasteiger partial charge in [-0.25, -0.2) is 4.79 Å². The number of carboxylic acid groups (broad SMARTS) is 1. The Labute approximate surface area is 156 Å². The van der Waals surface area contributed by atoms with Gasteiger partial charge in [-0.05, 0) is 49.8 Å². The van der Waals surface area contributed by atoms with Gasteiger partial charge in [0.05, 0.1) is 11.0 Å². The highest BCUT2D eigenvalue weighted by molar-refractivity contribution is 5.82. The lowest BCUT2D eigenvalue weighted by molar-refractivity contribution is -0.167. The molecule has 5 aliphatic rings. The molecule has 2 heterocycles. The molecule has 7 heteroatoms. The third kappa shape index (κ3) is 1.64. The number of carboxylic acids is 1. The number of rotatable bonds is 3. The lowest BCUT2D eigenvalue weighted by atomic mass is 9.56. The van der Waals surface area contributed by atoms with E-state index in [1.54, 1.807) is 6.07 Å². The average molecular weight is 373 g/mol. The van der Waals surface area contributed by atoms with Crippen molar-refractivity contribution in [3.8, 4) is 11.5 Å². The van der Waals surface area contributed by atoms with Gasteiger partial charge in [-0.3, -0.25) is 4.90 Å². The maximum atomic E-state index is 12.1. The molecule has 1 saturated heterocycles. The SMILES string of the molecule is O=C(O)C1(O)CC2(O)C3Cc4ccc(O)c5c4C2(CCN3CC2CC2)[C@H]1O5. The number of ether oxygens (including phenoxy) is 1. The lowest BCUT2D eigenvalue weighted by Gasteiger charge is -2.57. The fourth-order valence-corrected chi connectivity index (χ4v) is 6.56. The van der Waals surface area contributed by atoms with Gasteiger partial charge in [-0.15, -0.1) is 0 Å². The zero-order valence-corrected chi connectivity index (χ0v) is 14.9. The summed E-state index contributed by atoms with van der Waals surface area (Å²) >= 11 is 0. The van der Waals surface area contributed by atoms with Crippen LogP contribution in [-0.4, -0.2) is 67.7 Å². The van der Waals surface area contributed by atoms with Crippen LogP contribution >= 0.6 is 0 Å². The highest BCUT2D eigenvalue weighted by Gasteiger charge is 2.81. The molecule has 144 valence electrons. The lowest BCUT2D eigenvalue weighted by Crippen LogP contribution is -2.71. The summed E-state index contributed by atoms with van der Waals surface area (Å²) in [6.07, 6.45) is 2.13. The number of aliphatic hydroxyl groups is 2. The van der Waals surface area contributed by atoms with Crippen molar-refractivity contribution in [3.63, 3.8) is 0 Å². The van der Waals surface area contributed by atoms with Crippen molar-refractivity contribution >= 4 is 5.97 Å². The molecule has 2 bridgehead atoms. The summed E-state index contributed by atoms with van der Waals surface area (Å²) in [5.41, 5.74) is -2.88. The quantitative estimate of drug-likeness (QED) is 0.606. The highest BCUT2D eigenvalue weighted by Crippen LogP contribution is 2.69. The maximum absolute atomic E-state index is 12.1. The van der Waals surface area contributed by atoms with E-state index in [0.29, 0.717) is 18.8 Å². The number of phenolic OH excluding ortho intramolecular Hbond substituents is 1. The molecule has 0 amide bonds. The molecule has 0 aromatic heterocycles. The summed E-state index contributed by atoms with van der Waals surface area (Å²) < 4.78 is 5.94. The Morgan fingerprint density at radius 3 is 2.78 bits per heavy atom. The number of carbonyl (C=O) groups is 1. The smallest absolute Gasteiger partial charge is 0.339 e. The molecular weight excluding hydrogens is 350 g/mol. The average Bonchev–Trinajstić information content (AvgIpc) is 3.29. The number of aliphatic carboxylic acids is 1. The Balaban J connectivity index is 1.60. The predicted molar refractivity (Wildman–Crippen MR) is 92.8 cm³/mol. The molecule has 1 aromatic carbocycles. The number of aromatic hydroxyl groups is 1. The maximum Gasteiger partial charge on any atom is 0.339 e. The van der Waals surface area contributed by atoms with Crippen molar-refractivity contribution in [2.45, 2.75) is 60.9 Å². The fourth-order valence-electron chi connectivity index (χ4n) is 6.56. The van der Waals surface area contributed by atoms with Crippen LogP contribution in [0.25, 0.3) is 0 Å². The van der Waals surface area contributed by atoms with Crippen molar-refractivity contribution in [2.24, 2.45) is 5.92 Å². The summed E-state index contributed by atoms with van der Waals surface area (Å²) in [7, 11) is 0. The molecule has 7 nitrogen and oxygen atoms in total. The van der Waals surface area contributed by atoms with E-state index in [2.05, 4.69) is 4.90 Å². The normalized spacial score (nSPS) is 44.1. The van der Waals surface area contributed by atoms with Crippen LogP contribution in [0, 0.1) is 5.92 Å². The first kappa shape index (κ1) is 16.2. The number of hydrogen-bond donors (Lipinski definition) is 4. The van der Waals surface area contributed by atoms with Crippen LogP contribution in [0.3, 0.4) is 0 Å². The Bertz CT molecular complexity index is 883. The zero-order chi connectivity index (χ0) is 18.8. The van der Waals surface area contributed by atoms with E-state index < -0.39 is 28.7 Å². The third-order valence-electron chi connectivity index (χ3n) is 7.86. The Morgan fingerprint density at radius 1 is 1.30 bits per heavy atom. The largest absolute Gasteiger partial charge is 0.504 e. The molecule has 6 rings (SSSR count). The summed E-state index contributed by atoms with van der Waals surface area (Å²) in [5.74, 6) is -0.552. The van der Waals surface area contributed by atoms with Gasteiger partial charge in [0.15, 0.2) is 17.6 Å². The predicted octanol–water partition coefficient (Wildman–Crippen LogP) is 0.382. The summed E-state index contributed by atoms with van der Waals surface area (Å²) in [4.78, 5) is 14.4. The van der Waals surface area contributed by atoms with Crippen LogP contribution in [-0.2, 0) is 16.6 Å². The number of likely N-dealkylation sites (tertiary alicyclic amines) is 1. The van der Waals surface area contributed by atoms with E-state index in [-0.39, 0.29) is 24.0 Å². The molecule has 2 aliphatic heterocycles. The molecule has 1 spiro atoms. The van der Waals surface area contributed by atoms with Crippen LogP contribution in [0.15, 0.2) is 12.1 Å². The monoisotopic (exact) mass is 373 g/mol. The van der Waals surface area contributed by atoms with Gasteiger partial charge in [0, 0.05) is 24.6 Å². The molecule has 27 heavy (non-hydrogen) atoms. The number of phenols is 1. The second-order valence-corrected chi connectivity index (χ2v) is 9.16. The molecule has 1 aromatic rings. The number of piperidine rings is 1. The van der Waals surface area contributed by atoms with Crippen molar-refractivity contribution in [3.05, 3.63) is 23.3 Å². The van der Waals surface area contributed by atoms with Gasteiger partial charge in [-0.1, -0.05) is 6.07 Å². The van der Waals surface area contributed by atoms with E-state index in [0.717, 1.165) is 24.2 Å². The van der Waals surface area contributed by atoms with Gasteiger partial charge in [0.25, 0.3) is 0 Å². The van der Waals surface area contributed by atoms with Gasteiger partial charge in [0.2, 0.25) is 5.60 Å². The first-order chi connectivity index (χ1) is 12.8. The highest BCUT2D eigenvalue weighted by atomic mass is 16.5. The molecule has 0 radical (unpaired) electrons. The third-order valence-corrected chi connectivity index (χ3v) is 7.86. The fraction of sp³-hybridized carbons (Fsp3) is 0.650. The van der Waals surface area contributed by atoms with Gasteiger partial charge >= 0.3 is 5.97 Å². The molecule has 3 fully saturated rings. The minimum atomic E-state index is -2.18. The Morgan fingerprint density at radius 2 is 2.07 bits per heavy atom. The van der Waals surface area contributed by atoms with Crippen molar-refractivity contribution in [1.29, 1.82) is 0 Å². The minimum Gasteiger partial charge on any atom is -0.504 e. The molecule has 3 aliphatic carbocycles. The first-order valence-electron chi connectivity index (χ1n) is 9.75. The minimum absolute atomic E-state index is 0.0635. The van der Waals surface area contributed by atoms with E-state index >= 15 is 0 Å². The number of benzene rings is 1. The van der Waals surface area contributed by atoms with Crippen molar-refractivity contribution in [2.75, 3.05) is 13.1 Å². The van der Waals surface area contributed by atoms with Gasteiger partial charge in [0.1, 0.15) is 0 Å². The van der Waals surface area contributed by atoms with Crippen LogP contribution in [0.2, 0.25) is 0 Å². The zero-order valence-electron chi connectivity index (χ0n) is 14.9. The van der Waals surface area contributed by atoms with Crippen LogP contribution in [0.5, 0.6) is 11.5 Å². The van der Waals surface area contributed by atoms with Gasteiger partial charge in [-0.2, -0.15) is 0 Å². The first-order valence-corrected chi connectivity index (χ1v) is 9.75. The number of hydrogen-bond acceptors (Lipinski definition) is 6. The van der Waals surface area contributed by atoms with Crippen LogP contribution < -0.4 is 4.74 Å². The molecule has 4 unspecified atom stereocenters. The Kier molecular flexibility index (Phi) is 2.75. The summed E-state index contributed by atoms with van der Waals surface area (Å²) in [5, 5.41) is 43.3. The second-order valence-electron chi connectivity index (χ2n) is 9.16. The van der Waals surface area contributed by atoms with Crippen molar-refractivity contribution < 1.29 is 30.0 Å². The molecular formula is C20H23NO6. The second kappa shape index (κ2) is 4.59. The van der Waals surface area contributed by atoms with Crippen molar-refractivity contribution in [1.82, 2.24) is 4.90 Å². The van der Waals surface area contributed by atoms with Gasteiger partial charge < -0.3 is 25.2 Å². The van der Waals surface area contributed by atoms with E-state index in [1.807, 2.05) is 6.07 Å². The number of nitrogens with zero attached hydrogens (tertiary/aromatic N) is 1. The standard InChI is InChI=1S/C20H23NO6/c22-12-4-3-11-7-13-20(26)9-19(25,17(23)24)16-18(20,14(11)15(12)27-16)5-6-21(13)8-10-1-2-10/h3-4,10,13,16,22,25-26H,1-2,5-9H2,(H,23,24)/t13?,16-,18?,19?,20?/m1/s1. The molecule has 5 atom stereocenters. The topological polar surface area (TPSA) is 110 Å². The molecule has 2 saturated carbocycles. The van der Waals surface area contributed by atoms with E-state index in [9.17, 15) is 25.2 Å².